The van der Waals surface area contributed by atoms with E-state index in [1.807, 2.05) is 6.07 Å². The summed E-state index contributed by atoms with van der Waals surface area (Å²) in [5, 5.41) is 6.10. The number of amides is 1. The molecule has 0 aliphatic carbocycles. The number of aryl methyl sites for hydroxylation is 1. The van der Waals surface area contributed by atoms with Crippen LogP contribution >= 0.6 is 0 Å². The Balaban J connectivity index is 1.68. The molecular formula is C19H26N4O. The highest BCUT2D eigenvalue weighted by molar-refractivity contribution is 5.91. The Morgan fingerprint density at radius 2 is 1.83 bits per heavy atom. The summed E-state index contributed by atoms with van der Waals surface area (Å²) in [4.78, 5) is 20.3. The zero-order chi connectivity index (χ0) is 17.0. The summed E-state index contributed by atoms with van der Waals surface area (Å²) in [5.74, 6) is 0.542. The highest BCUT2D eigenvalue weighted by Crippen LogP contribution is 2.05. The maximum absolute atomic E-state index is 11.9. The Kier molecular flexibility index (Phi) is 7.74. The minimum atomic E-state index is -0.158. The lowest BCUT2D eigenvalue weighted by Gasteiger charge is -2.07. The number of anilines is 1. The van der Waals surface area contributed by atoms with Gasteiger partial charge in [-0.2, -0.15) is 0 Å². The first kappa shape index (κ1) is 17.9. The second-order valence-corrected chi connectivity index (χ2v) is 5.77. The van der Waals surface area contributed by atoms with Crippen LogP contribution in [-0.2, 0) is 6.42 Å². The molecule has 1 amide bonds. The Bertz CT molecular complexity index is 599. The Hall–Kier alpha value is -2.43. The summed E-state index contributed by atoms with van der Waals surface area (Å²) in [7, 11) is 0. The van der Waals surface area contributed by atoms with Crippen molar-refractivity contribution in [1.82, 2.24) is 15.3 Å². The maximum Gasteiger partial charge on any atom is 0.271 e. The van der Waals surface area contributed by atoms with Gasteiger partial charge in [0.15, 0.2) is 0 Å². The molecule has 0 bridgehead atoms. The standard InChI is InChI=1S/C19H26N4O/c1-2-3-7-12-21-19(24)17-14-23-18(15-22-17)20-13-8-11-16-9-5-4-6-10-16/h4-6,9-10,14-15H,2-3,7-8,11-13H2,1H3,(H,20,23)(H,21,24). The van der Waals surface area contributed by atoms with Gasteiger partial charge in [0, 0.05) is 13.1 Å². The van der Waals surface area contributed by atoms with Crippen LogP contribution in [0.1, 0.15) is 48.7 Å². The molecule has 5 nitrogen and oxygen atoms in total. The van der Waals surface area contributed by atoms with Crippen LogP contribution < -0.4 is 10.6 Å². The summed E-state index contributed by atoms with van der Waals surface area (Å²) in [6.45, 7) is 3.65. The molecule has 0 fully saturated rings. The quantitative estimate of drug-likeness (QED) is 0.656. The molecule has 1 aromatic heterocycles. The van der Waals surface area contributed by atoms with E-state index in [1.165, 1.54) is 11.8 Å². The second kappa shape index (κ2) is 10.4. The van der Waals surface area contributed by atoms with Gasteiger partial charge in [0.1, 0.15) is 11.5 Å². The number of benzene rings is 1. The zero-order valence-electron chi connectivity index (χ0n) is 14.3. The van der Waals surface area contributed by atoms with Crippen molar-refractivity contribution in [2.24, 2.45) is 0 Å². The van der Waals surface area contributed by atoms with E-state index in [0.717, 1.165) is 38.6 Å². The van der Waals surface area contributed by atoms with Crippen LogP contribution in [0.2, 0.25) is 0 Å². The first-order valence-electron chi connectivity index (χ1n) is 8.67. The molecule has 0 atom stereocenters. The lowest BCUT2D eigenvalue weighted by molar-refractivity contribution is 0.0947. The molecule has 0 radical (unpaired) electrons. The monoisotopic (exact) mass is 326 g/mol. The van der Waals surface area contributed by atoms with Crippen molar-refractivity contribution in [2.45, 2.75) is 39.0 Å². The van der Waals surface area contributed by atoms with Crippen LogP contribution in [0.25, 0.3) is 0 Å². The molecule has 1 heterocycles. The van der Waals surface area contributed by atoms with E-state index in [4.69, 9.17) is 0 Å². The summed E-state index contributed by atoms with van der Waals surface area (Å²) in [5.41, 5.74) is 1.70. The molecule has 0 unspecified atom stereocenters. The fraction of sp³-hybridized carbons (Fsp3) is 0.421. The topological polar surface area (TPSA) is 66.9 Å². The maximum atomic E-state index is 11.9. The molecule has 0 aliphatic heterocycles. The van der Waals surface area contributed by atoms with E-state index in [9.17, 15) is 4.79 Å². The van der Waals surface area contributed by atoms with Gasteiger partial charge in [-0.15, -0.1) is 0 Å². The van der Waals surface area contributed by atoms with Crippen molar-refractivity contribution in [3.05, 3.63) is 54.0 Å². The lowest BCUT2D eigenvalue weighted by atomic mass is 10.1. The number of rotatable bonds is 10. The van der Waals surface area contributed by atoms with E-state index in [2.05, 4.69) is 51.8 Å². The summed E-state index contributed by atoms with van der Waals surface area (Å²) >= 11 is 0. The van der Waals surface area contributed by atoms with Gasteiger partial charge in [0.2, 0.25) is 0 Å². The summed E-state index contributed by atoms with van der Waals surface area (Å²) in [6, 6.07) is 10.4. The number of aromatic nitrogens is 2. The third kappa shape index (κ3) is 6.36. The molecule has 24 heavy (non-hydrogen) atoms. The summed E-state index contributed by atoms with van der Waals surface area (Å²) in [6.07, 6.45) is 8.44. The number of carbonyl (C=O) groups excluding carboxylic acids is 1. The van der Waals surface area contributed by atoms with Crippen molar-refractivity contribution in [3.8, 4) is 0 Å². The predicted molar refractivity (Wildman–Crippen MR) is 97.1 cm³/mol. The average Bonchev–Trinajstić information content (AvgIpc) is 2.63. The molecule has 2 N–H and O–H groups in total. The first-order valence-corrected chi connectivity index (χ1v) is 8.67. The Morgan fingerprint density at radius 3 is 2.54 bits per heavy atom. The molecule has 2 rings (SSSR count). The highest BCUT2D eigenvalue weighted by atomic mass is 16.1. The SMILES string of the molecule is CCCCCNC(=O)c1cnc(NCCCc2ccccc2)cn1. The molecule has 0 saturated carbocycles. The van der Waals surface area contributed by atoms with E-state index < -0.39 is 0 Å². The Labute approximate surface area is 143 Å². The summed E-state index contributed by atoms with van der Waals surface area (Å²) < 4.78 is 0. The molecule has 0 aliphatic rings. The van der Waals surface area contributed by atoms with Gasteiger partial charge in [-0.25, -0.2) is 9.97 Å². The van der Waals surface area contributed by atoms with Gasteiger partial charge in [0.25, 0.3) is 5.91 Å². The van der Waals surface area contributed by atoms with Crippen LogP contribution in [0.3, 0.4) is 0 Å². The minimum Gasteiger partial charge on any atom is -0.369 e. The van der Waals surface area contributed by atoms with Crippen LogP contribution in [0.5, 0.6) is 0 Å². The molecular weight excluding hydrogens is 300 g/mol. The fourth-order valence-electron chi connectivity index (χ4n) is 2.36. The third-order valence-corrected chi connectivity index (χ3v) is 3.74. The van der Waals surface area contributed by atoms with Crippen molar-refractivity contribution in [3.63, 3.8) is 0 Å². The number of nitrogens with zero attached hydrogens (tertiary/aromatic N) is 2. The third-order valence-electron chi connectivity index (χ3n) is 3.74. The number of hydrogen-bond acceptors (Lipinski definition) is 4. The molecule has 2 aromatic rings. The highest BCUT2D eigenvalue weighted by Gasteiger charge is 2.06. The van der Waals surface area contributed by atoms with Gasteiger partial charge in [-0.05, 0) is 24.8 Å². The van der Waals surface area contributed by atoms with Crippen LogP contribution in [0.4, 0.5) is 5.82 Å². The Morgan fingerprint density at radius 1 is 1.00 bits per heavy atom. The molecule has 5 heteroatoms. The van der Waals surface area contributed by atoms with Gasteiger partial charge >= 0.3 is 0 Å². The largest absolute Gasteiger partial charge is 0.369 e. The fourth-order valence-corrected chi connectivity index (χ4v) is 2.36. The zero-order valence-corrected chi connectivity index (χ0v) is 14.3. The van der Waals surface area contributed by atoms with Crippen molar-refractivity contribution < 1.29 is 4.79 Å². The normalized spacial score (nSPS) is 10.4. The molecule has 128 valence electrons. The number of unbranched alkanes of at least 4 members (excludes halogenated alkanes) is 2. The van der Waals surface area contributed by atoms with E-state index in [-0.39, 0.29) is 5.91 Å². The number of hydrogen-bond donors (Lipinski definition) is 2. The second-order valence-electron chi connectivity index (χ2n) is 5.77. The van der Waals surface area contributed by atoms with Crippen molar-refractivity contribution >= 4 is 11.7 Å². The predicted octanol–water partition coefficient (Wildman–Crippen LogP) is 3.44. The van der Waals surface area contributed by atoms with Crippen LogP contribution in [-0.4, -0.2) is 29.0 Å². The van der Waals surface area contributed by atoms with Crippen molar-refractivity contribution in [2.75, 3.05) is 18.4 Å². The van der Waals surface area contributed by atoms with Crippen LogP contribution in [0.15, 0.2) is 42.7 Å². The van der Waals surface area contributed by atoms with E-state index in [1.54, 1.807) is 6.20 Å². The van der Waals surface area contributed by atoms with Gasteiger partial charge in [0.05, 0.1) is 12.4 Å². The van der Waals surface area contributed by atoms with Gasteiger partial charge in [-0.1, -0.05) is 50.1 Å². The number of carbonyl (C=O) groups is 1. The van der Waals surface area contributed by atoms with Crippen molar-refractivity contribution in [1.29, 1.82) is 0 Å². The minimum absolute atomic E-state index is 0.158. The van der Waals surface area contributed by atoms with E-state index >= 15 is 0 Å². The van der Waals surface area contributed by atoms with E-state index in [0.29, 0.717) is 18.1 Å². The average molecular weight is 326 g/mol. The first-order chi connectivity index (χ1) is 11.8. The smallest absolute Gasteiger partial charge is 0.271 e. The number of nitrogens with one attached hydrogen (secondary N) is 2. The lowest BCUT2D eigenvalue weighted by Crippen LogP contribution is -2.25. The van der Waals surface area contributed by atoms with Crippen LogP contribution in [0, 0.1) is 0 Å². The van der Waals surface area contributed by atoms with Gasteiger partial charge in [-0.3, -0.25) is 4.79 Å². The molecule has 0 spiro atoms. The van der Waals surface area contributed by atoms with Gasteiger partial charge < -0.3 is 10.6 Å². The molecule has 0 saturated heterocycles. The molecule has 1 aromatic carbocycles.